The van der Waals surface area contributed by atoms with Gasteiger partial charge in [0.15, 0.2) is 11.5 Å². The first-order valence-electron chi connectivity index (χ1n) is 12.3. The lowest BCUT2D eigenvalue weighted by molar-refractivity contribution is -0.121. The van der Waals surface area contributed by atoms with Crippen LogP contribution in [0.15, 0.2) is 113 Å². The summed E-state index contributed by atoms with van der Waals surface area (Å²) in [6, 6.07) is 31.2. The number of nitrogens with one attached hydrogen (secondary N) is 2. The van der Waals surface area contributed by atoms with Gasteiger partial charge in [-0.05, 0) is 56.9 Å². The Morgan fingerprint density at radius 1 is 0.923 bits per heavy atom. The summed E-state index contributed by atoms with van der Waals surface area (Å²) in [7, 11) is 1.56. The number of methoxy groups -OCH3 is 1. The van der Waals surface area contributed by atoms with Crippen LogP contribution < -0.4 is 20.2 Å². The lowest BCUT2D eigenvalue weighted by Crippen LogP contribution is -2.32. The van der Waals surface area contributed by atoms with E-state index in [2.05, 4.69) is 31.8 Å². The molecule has 0 unspecified atom stereocenters. The fourth-order valence-corrected chi connectivity index (χ4v) is 4.44. The molecule has 4 rings (SSSR count). The summed E-state index contributed by atoms with van der Waals surface area (Å²) < 4.78 is 12.2. The molecule has 0 spiro atoms. The highest BCUT2D eigenvalue weighted by Gasteiger charge is 2.19. The van der Waals surface area contributed by atoms with E-state index in [4.69, 9.17) is 9.47 Å². The molecule has 0 aliphatic rings. The SMILES string of the molecule is COc1cc(/C=N\NC(=O)C[C@@H](NC(=O)c2ccccc2)c2ccccc2)cc(Br)c1OCc1ccccc1. The second-order valence-corrected chi connectivity index (χ2v) is 9.46. The Morgan fingerprint density at radius 2 is 1.56 bits per heavy atom. The average molecular weight is 586 g/mol. The molecule has 2 amide bonds. The number of nitrogens with zero attached hydrogens (tertiary/aromatic N) is 1. The maximum Gasteiger partial charge on any atom is 0.251 e. The van der Waals surface area contributed by atoms with Crippen LogP contribution in [0.25, 0.3) is 0 Å². The molecule has 198 valence electrons. The molecular formula is C31H28BrN3O4. The smallest absolute Gasteiger partial charge is 0.251 e. The van der Waals surface area contributed by atoms with Crippen molar-refractivity contribution in [2.75, 3.05) is 7.11 Å². The van der Waals surface area contributed by atoms with Gasteiger partial charge in [0.2, 0.25) is 5.91 Å². The molecule has 4 aromatic carbocycles. The van der Waals surface area contributed by atoms with Crippen LogP contribution in [0.1, 0.15) is 39.5 Å². The molecule has 0 fully saturated rings. The minimum absolute atomic E-state index is 0.0131. The van der Waals surface area contributed by atoms with Crippen LogP contribution in [0.5, 0.6) is 11.5 Å². The van der Waals surface area contributed by atoms with E-state index in [1.165, 1.54) is 6.21 Å². The Labute approximate surface area is 236 Å². The lowest BCUT2D eigenvalue weighted by atomic mass is 10.0. The highest BCUT2D eigenvalue weighted by atomic mass is 79.9. The van der Waals surface area contributed by atoms with E-state index in [0.29, 0.717) is 33.7 Å². The summed E-state index contributed by atoms with van der Waals surface area (Å²) in [5.74, 6) is 0.498. The van der Waals surface area contributed by atoms with Gasteiger partial charge in [-0.25, -0.2) is 5.43 Å². The first-order valence-corrected chi connectivity index (χ1v) is 13.1. The monoisotopic (exact) mass is 585 g/mol. The highest BCUT2D eigenvalue weighted by molar-refractivity contribution is 9.10. The van der Waals surface area contributed by atoms with E-state index in [0.717, 1.165) is 11.1 Å². The number of carbonyl (C=O) groups excluding carboxylic acids is 2. The number of rotatable bonds is 11. The number of hydrazone groups is 1. The summed E-state index contributed by atoms with van der Waals surface area (Å²) in [5, 5.41) is 7.06. The van der Waals surface area contributed by atoms with Gasteiger partial charge in [0.05, 0.1) is 30.3 Å². The van der Waals surface area contributed by atoms with Crippen LogP contribution in [-0.2, 0) is 11.4 Å². The van der Waals surface area contributed by atoms with Gasteiger partial charge in [-0.2, -0.15) is 5.10 Å². The number of hydrogen-bond donors (Lipinski definition) is 2. The van der Waals surface area contributed by atoms with Gasteiger partial charge >= 0.3 is 0 Å². The second kappa shape index (κ2) is 13.9. The maximum absolute atomic E-state index is 12.8. The number of ether oxygens (including phenoxy) is 2. The molecule has 0 saturated carbocycles. The highest BCUT2D eigenvalue weighted by Crippen LogP contribution is 2.36. The van der Waals surface area contributed by atoms with E-state index in [-0.39, 0.29) is 18.2 Å². The number of halogens is 1. The number of benzene rings is 4. The van der Waals surface area contributed by atoms with Crippen molar-refractivity contribution in [3.05, 3.63) is 130 Å². The third-order valence-corrected chi connectivity index (χ3v) is 6.40. The molecule has 0 radical (unpaired) electrons. The van der Waals surface area contributed by atoms with E-state index < -0.39 is 6.04 Å². The summed E-state index contributed by atoms with van der Waals surface area (Å²) in [4.78, 5) is 25.5. The Hall–Kier alpha value is -4.43. The molecule has 39 heavy (non-hydrogen) atoms. The van der Waals surface area contributed by atoms with Gasteiger partial charge in [0.1, 0.15) is 6.61 Å². The van der Waals surface area contributed by atoms with E-state index in [9.17, 15) is 9.59 Å². The zero-order chi connectivity index (χ0) is 27.5. The molecule has 0 heterocycles. The molecule has 0 saturated heterocycles. The van der Waals surface area contributed by atoms with Crippen molar-refractivity contribution in [3.8, 4) is 11.5 Å². The molecule has 0 aliphatic heterocycles. The predicted molar refractivity (Wildman–Crippen MR) is 155 cm³/mol. The number of hydrogen-bond acceptors (Lipinski definition) is 5. The largest absolute Gasteiger partial charge is 0.493 e. The first kappa shape index (κ1) is 27.6. The van der Waals surface area contributed by atoms with Gasteiger partial charge in [-0.1, -0.05) is 78.9 Å². The van der Waals surface area contributed by atoms with Crippen LogP contribution in [0.3, 0.4) is 0 Å². The minimum atomic E-state index is -0.524. The molecule has 0 bridgehead atoms. The third-order valence-electron chi connectivity index (χ3n) is 5.81. The Morgan fingerprint density at radius 3 is 2.23 bits per heavy atom. The molecule has 1 atom stereocenters. The van der Waals surface area contributed by atoms with Crippen molar-refractivity contribution in [2.24, 2.45) is 5.10 Å². The summed E-state index contributed by atoms with van der Waals surface area (Å²) in [6.07, 6.45) is 1.53. The molecule has 8 heteroatoms. The second-order valence-electron chi connectivity index (χ2n) is 8.61. The number of carbonyl (C=O) groups is 2. The molecule has 2 N–H and O–H groups in total. The lowest BCUT2D eigenvalue weighted by Gasteiger charge is -2.18. The van der Waals surface area contributed by atoms with Crippen molar-refractivity contribution < 1.29 is 19.1 Å². The van der Waals surface area contributed by atoms with E-state index in [1.807, 2.05) is 72.8 Å². The van der Waals surface area contributed by atoms with E-state index >= 15 is 0 Å². The minimum Gasteiger partial charge on any atom is -0.493 e. The standard InChI is InChI=1S/C31H28BrN3O4/c1-38-28-18-23(17-26(32)30(28)39-21-22-11-5-2-6-12-22)20-33-35-29(36)19-27(24-13-7-3-8-14-24)34-31(37)25-15-9-4-10-16-25/h2-18,20,27H,19,21H2,1H3,(H,34,37)(H,35,36)/b33-20-/t27-/m1/s1. The van der Waals surface area contributed by atoms with Crippen molar-refractivity contribution in [3.63, 3.8) is 0 Å². The summed E-state index contributed by atoms with van der Waals surface area (Å²) >= 11 is 3.54. The van der Waals surface area contributed by atoms with Crippen LogP contribution in [0, 0.1) is 0 Å². The predicted octanol–water partition coefficient (Wildman–Crippen LogP) is 6.05. The Balaban J connectivity index is 1.40. The quantitative estimate of drug-likeness (QED) is 0.166. The van der Waals surface area contributed by atoms with Crippen LogP contribution in [0.4, 0.5) is 0 Å². The van der Waals surface area contributed by atoms with Gasteiger partial charge in [0.25, 0.3) is 5.91 Å². The van der Waals surface area contributed by atoms with Crippen molar-refractivity contribution >= 4 is 34.0 Å². The van der Waals surface area contributed by atoms with Gasteiger partial charge in [-0.3, -0.25) is 9.59 Å². The van der Waals surface area contributed by atoms with Crippen molar-refractivity contribution in [1.29, 1.82) is 0 Å². The first-order chi connectivity index (χ1) is 19.0. The number of amides is 2. The van der Waals surface area contributed by atoms with Crippen molar-refractivity contribution in [1.82, 2.24) is 10.7 Å². The molecule has 7 nitrogen and oxygen atoms in total. The maximum atomic E-state index is 12.8. The fraction of sp³-hybridized carbons (Fsp3) is 0.129. The van der Waals surface area contributed by atoms with Gasteiger partial charge in [-0.15, -0.1) is 0 Å². The summed E-state index contributed by atoms with van der Waals surface area (Å²) in [5.41, 5.74) is 5.63. The Bertz CT molecular complexity index is 1410. The molecule has 4 aromatic rings. The summed E-state index contributed by atoms with van der Waals surface area (Å²) in [6.45, 7) is 0.392. The molecule has 0 aromatic heterocycles. The van der Waals surface area contributed by atoms with Crippen molar-refractivity contribution in [2.45, 2.75) is 19.1 Å². The van der Waals surface area contributed by atoms with Gasteiger partial charge < -0.3 is 14.8 Å². The van der Waals surface area contributed by atoms with Crippen LogP contribution in [-0.4, -0.2) is 25.1 Å². The third kappa shape index (κ3) is 8.02. The zero-order valence-corrected chi connectivity index (χ0v) is 22.9. The molecule has 0 aliphatic carbocycles. The zero-order valence-electron chi connectivity index (χ0n) is 21.3. The van der Waals surface area contributed by atoms with Crippen LogP contribution >= 0.6 is 15.9 Å². The fourth-order valence-electron chi connectivity index (χ4n) is 3.86. The topological polar surface area (TPSA) is 89.0 Å². The van der Waals surface area contributed by atoms with E-state index in [1.54, 1.807) is 37.4 Å². The van der Waals surface area contributed by atoms with Gasteiger partial charge in [0, 0.05) is 5.56 Å². The normalized spacial score (nSPS) is 11.5. The Kier molecular flexibility index (Phi) is 9.85. The molecular weight excluding hydrogens is 558 g/mol. The van der Waals surface area contributed by atoms with Crippen LogP contribution in [0.2, 0.25) is 0 Å². The average Bonchev–Trinajstić information content (AvgIpc) is 2.97.